The highest BCUT2D eigenvalue weighted by atomic mass is 14.6. The molecule has 22 rings (SSSR count). The van der Waals surface area contributed by atoms with Gasteiger partial charge in [0.25, 0.3) is 0 Å². The maximum absolute atomic E-state index is 2.92. The SMILES string of the molecule is CC1(C)c2cc(C3C4CC5CC(C4)CC3C5)ccc2-c2c(-c3cc(C4C5CC6CC(C5)CC4C6)cc4c3-c3ccc(C5C6CC7CC(C6)CC5C7)cc3C4(C)C)cc(C3C4CC5CC(C4)CC3C5)cc21. The quantitative estimate of drug-likeness (QED) is 0.187. The van der Waals surface area contributed by atoms with E-state index in [4.69, 9.17) is 0 Å². The van der Waals surface area contributed by atoms with Crippen LogP contribution in [0.25, 0.3) is 33.4 Å². The zero-order valence-electron chi connectivity index (χ0n) is 43.5. The molecular formula is C70H82. The minimum absolute atomic E-state index is 0.0176. The van der Waals surface area contributed by atoms with Crippen molar-refractivity contribution in [3.8, 4) is 33.4 Å². The summed E-state index contributed by atoms with van der Waals surface area (Å²) in [6, 6.07) is 28.1. The molecular weight excluding hydrogens is 841 g/mol. The number of rotatable bonds is 5. The molecule has 0 saturated heterocycles. The Morgan fingerprint density at radius 1 is 0.257 bits per heavy atom. The Balaban J connectivity index is 0.854. The lowest BCUT2D eigenvalue weighted by Crippen LogP contribution is -2.44. The van der Waals surface area contributed by atoms with E-state index < -0.39 is 0 Å². The Morgan fingerprint density at radius 3 is 0.771 bits per heavy atom. The molecule has 0 atom stereocenters. The molecule has 4 aromatic rings. The molecule has 70 heavy (non-hydrogen) atoms. The van der Waals surface area contributed by atoms with E-state index in [1.165, 1.54) is 116 Å². The summed E-state index contributed by atoms with van der Waals surface area (Å²) in [6.07, 6.45) is 30.1. The van der Waals surface area contributed by atoms with Gasteiger partial charge in [0.2, 0.25) is 0 Å². The predicted octanol–water partition coefficient (Wildman–Crippen LogP) is 18.1. The number of hydrogen-bond acceptors (Lipinski definition) is 0. The highest BCUT2D eigenvalue weighted by molar-refractivity contribution is 6.01. The summed E-state index contributed by atoms with van der Waals surface area (Å²) in [4.78, 5) is 0. The summed E-state index contributed by atoms with van der Waals surface area (Å²) in [7, 11) is 0. The third-order valence-corrected chi connectivity index (χ3v) is 26.4. The molecule has 0 unspecified atom stereocenters. The van der Waals surface area contributed by atoms with E-state index in [0.717, 1.165) is 118 Å². The predicted molar refractivity (Wildman–Crippen MR) is 286 cm³/mol. The molecule has 0 nitrogen and oxygen atoms in total. The van der Waals surface area contributed by atoms with Crippen LogP contribution in [0.3, 0.4) is 0 Å². The number of benzene rings is 4. The molecule has 0 heteroatoms. The lowest BCUT2D eigenvalue weighted by molar-refractivity contribution is -0.00291. The van der Waals surface area contributed by atoms with E-state index in [0.29, 0.717) is 0 Å². The van der Waals surface area contributed by atoms with Gasteiger partial charge in [0.1, 0.15) is 0 Å². The summed E-state index contributed by atoms with van der Waals surface area (Å²) in [6.45, 7) is 10.7. The average Bonchev–Trinajstić information content (AvgIpc) is 3.68. The van der Waals surface area contributed by atoms with Crippen molar-refractivity contribution >= 4 is 0 Å². The molecule has 0 aromatic heterocycles. The highest BCUT2D eigenvalue weighted by Gasteiger charge is 2.54. The smallest absolute Gasteiger partial charge is 0.0159 e. The maximum atomic E-state index is 2.92. The Morgan fingerprint density at radius 2 is 0.500 bits per heavy atom. The van der Waals surface area contributed by atoms with Crippen molar-refractivity contribution in [2.45, 2.75) is 191 Å². The minimum Gasteiger partial charge on any atom is -0.0581 e. The lowest BCUT2D eigenvalue weighted by Gasteiger charge is -2.55. The minimum atomic E-state index is -0.0176. The van der Waals surface area contributed by atoms with Crippen molar-refractivity contribution in [3.63, 3.8) is 0 Å². The van der Waals surface area contributed by atoms with Crippen LogP contribution >= 0.6 is 0 Å². The van der Waals surface area contributed by atoms with Crippen LogP contribution in [0, 0.1) is 94.7 Å². The maximum Gasteiger partial charge on any atom is 0.0159 e. The van der Waals surface area contributed by atoms with E-state index in [-0.39, 0.29) is 10.8 Å². The molecule has 0 radical (unpaired) electrons. The lowest BCUT2D eigenvalue weighted by atomic mass is 9.50. The van der Waals surface area contributed by atoms with Crippen LogP contribution in [-0.4, -0.2) is 0 Å². The van der Waals surface area contributed by atoms with Gasteiger partial charge in [-0.15, -0.1) is 0 Å². The normalized spacial score (nSPS) is 45.4. The topological polar surface area (TPSA) is 0 Å². The van der Waals surface area contributed by atoms with Crippen molar-refractivity contribution in [2.75, 3.05) is 0 Å². The largest absolute Gasteiger partial charge is 0.0581 e. The van der Waals surface area contributed by atoms with Crippen molar-refractivity contribution < 1.29 is 0 Å². The molecule has 0 amide bonds. The molecule has 16 bridgehead atoms. The first-order valence-corrected chi connectivity index (χ1v) is 30.7. The van der Waals surface area contributed by atoms with Crippen LogP contribution in [0.2, 0.25) is 0 Å². The summed E-state index contributed by atoms with van der Waals surface area (Å²) in [5, 5.41) is 0. The van der Waals surface area contributed by atoms with Gasteiger partial charge in [-0.2, -0.15) is 0 Å². The van der Waals surface area contributed by atoms with Gasteiger partial charge in [0, 0.05) is 10.8 Å². The van der Waals surface area contributed by atoms with E-state index in [9.17, 15) is 0 Å². The van der Waals surface area contributed by atoms with Gasteiger partial charge in [-0.05, 0) is 325 Å². The molecule has 18 aliphatic rings. The Labute approximate surface area is 421 Å². The summed E-state index contributed by atoms with van der Waals surface area (Å²) in [5.74, 6) is 18.3. The summed E-state index contributed by atoms with van der Waals surface area (Å²) >= 11 is 0. The standard InChI is InChI=1S/C70H82/c1-69(2)59-31-43(63-45-13-35-9-36(15-45)16-46(63)14-35)5-7-55(59)67-57(29-53(33-61(67)69)65-49-21-39-11-40(23-49)24-50(65)22-39)58-30-54(66-51-25-41-12-42(27-51)28-52(66)26-41)34-62-68(58)56-8-6-44(32-60(56)70(62,3)4)64-47-17-37-10-38(19-47)20-48(64)18-37/h5-8,29-42,45-52,63-66H,9-28H2,1-4H3. The van der Waals surface area contributed by atoms with E-state index >= 15 is 0 Å². The molecule has 4 aromatic carbocycles. The molecule has 0 aliphatic heterocycles. The van der Waals surface area contributed by atoms with Crippen LogP contribution in [0.15, 0.2) is 60.7 Å². The first-order chi connectivity index (χ1) is 34.0. The molecule has 16 fully saturated rings. The van der Waals surface area contributed by atoms with Crippen LogP contribution in [0.5, 0.6) is 0 Å². The van der Waals surface area contributed by atoms with Crippen molar-refractivity contribution in [2.24, 2.45) is 94.7 Å². The Bertz CT molecular complexity index is 2600. The third-order valence-electron chi connectivity index (χ3n) is 26.4. The first-order valence-electron chi connectivity index (χ1n) is 30.7. The van der Waals surface area contributed by atoms with Gasteiger partial charge in [0.05, 0.1) is 0 Å². The third kappa shape index (κ3) is 5.53. The monoisotopic (exact) mass is 923 g/mol. The van der Waals surface area contributed by atoms with Crippen LogP contribution in [0.4, 0.5) is 0 Å². The fraction of sp³-hybridized carbons (Fsp3) is 0.657. The zero-order chi connectivity index (χ0) is 45.8. The van der Waals surface area contributed by atoms with E-state index in [2.05, 4.69) is 88.4 Å². The fourth-order valence-corrected chi connectivity index (χ4v) is 24.9. The van der Waals surface area contributed by atoms with Crippen molar-refractivity contribution in [3.05, 3.63) is 105 Å². The van der Waals surface area contributed by atoms with Gasteiger partial charge >= 0.3 is 0 Å². The second kappa shape index (κ2) is 14.0. The Kier molecular flexibility index (Phi) is 8.24. The van der Waals surface area contributed by atoms with Crippen molar-refractivity contribution in [1.29, 1.82) is 0 Å². The number of hydrogen-bond donors (Lipinski definition) is 0. The second-order valence-corrected chi connectivity index (χ2v) is 30.7. The molecule has 362 valence electrons. The van der Waals surface area contributed by atoms with Gasteiger partial charge in [-0.1, -0.05) is 88.4 Å². The first kappa shape index (κ1) is 41.3. The molecule has 18 aliphatic carbocycles. The van der Waals surface area contributed by atoms with Gasteiger partial charge < -0.3 is 0 Å². The molecule has 16 saturated carbocycles. The van der Waals surface area contributed by atoms with Gasteiger partial charge in [-0.3, -0.25) is 0 Å². The summed E-state index contributed by atoms with van der Waals surface area (Å²) < 4.78 is 0. The second-order valence-electron chi connectivity index (χ2n) is 30.7. The number of fused-ring (bicyclic) bond motifs is 6. The van der Waals surface area contributed by atoms with Gasteiger partial charge in [0.15, 0.2) is 0 Å². The average molecular weight is 923 g/mol. The van der Waals surface area contributed by atoms with Crippen LogP contribution < -0.4 is 0 Å². The molecule has 0 spiro atoms. The fourth-order valence-electron chi connectivity index (χ4n) is 24.9. The Hall–Kier alpha value is -3.12. The zero-order valence-corrected chi connectivity index (χ0v) is 43.5. The van der Waals surface area contributed by atoms with Crippen LogP contribution in [0.1, 0.15) is 224 Å². The van der Waals surface area contributed by atoms with E-state index in [1.54, 1.807) is 90.7 Å². The summed E-state index contributed by atoms with van der Waals surface area (Å²) in [5.41, 5.74) is 23.2. The molecule has 0 N–H and O–H groups in total. The van der Waals surface area contributed by atoms with E-state index in [1.807, 2.05) is 0 Å². The molecule has 0 heterocycles. The van der Waals surface area contributed by atoms with Crippen LogP contribution in [-0.2, 0) is 10.8 Å². The van der Waals surface area contributed by atoms with Crippen molar-refractivity contribution in [1.82, 2.24) is 0 Å². The highest BCUT2D eigenvalue weighted by Crippen LogP contribution is 2.67. The van der Waals surface area contributed by atoms with Gasteiger partial charge in [-0.25, -0.2) is 0 Å².